The van der Waals surface area contributed by atoms with Gasteiger partial charge in [0.2, 0.25) is 5.91 Å². The van der Waals surface area contributed by atoms with Crippen LogP contribution in [0.5, 0.6) is 5.75 Å². The van der Waals surface area contributed by atoms with Gasteiger partial charge in [-0.3, -0.25) is 9.69 Å². The number of anilines is 1. The van der Waals surface area contributed by atoms with Crippen LogP contribution in [0.15, 0.2) is 29.6 Å². The van der Waals surface area contributed by atoms with Gasteiger partial charge in [0.1, 0.15) is 10.8 Å². The minimum Gasteiger partial charge on any atom is -0.495 e. The SMILES string of the molecule is COc1ccccc1NC(=O)Cc1nc(CN2C[C@@H](C)O[C@H](C)C2)cs1. The van der Waals surface area contributed by atoms with E-state index in [1.807, 2.05) is 29.6 Å². The number of carbonyl (C=O) groups excluding carboxylic acids is 1. The maximum atomic E-state index is 12.3. The first kappa shape index (κ1) is 18.8. The number of ether oxygens (including phenoxy) is 2. The van der Waals surface area contributed by atoms with Crippen molar-refractivity contribution in [3.63, 3.8) is 0 Å². The highest BCUT2D eigenvalue weighted by Crippen LogP contribution is 2.23. The zero-order valence-corrected chi connectivity index (χ0v) is 16.2. The number of carbonyl (C=O) groups is 1. The number of hydrogen-bond acceptors (Lipinski definition) is 6. The van der Waals surface area contributed by atoms with Crippen LogP contribution in [0.25, 0.3) is 0 Å². The van der Waals surface area contributed by atoms with E-state index in [-0.39, 0.29) is 24.5 Å². The molecule has 1 aromatic heterocycles. The fourth-order valence-corrected chi connectivity index (χ4v) is 4.01. The molecule has 0 unspecified atom stereocenters. The van der Waals surface area contributed by atoms with Crippen LogP contribution in [0, 0.1) is 0 Å². The van der Waals surface area contributed by atoms with E-state index in [9.17, 15) is 4.79 Å². The van der Waals surface area contributed by atoms with Crippen LogP contribution in [0.3, 0.4) is 0 Å². The van der Waals surface area contributed by atoms with Crippen molar-refractivity contribution in [1.82, 2.24) is 9.88 Å². The predicted molar refractivity (Wildman–Crippen MR) is 103 cm³/mol. The molecule has 6 nitrogen and oxygen atoms in total. The van der Waals surface area contributed by atoms with E-state index in [4.69, 9.17) is 9.47 Å². The van der Waals surface area contributed by atoms with Gasteiger partial charge in [-0.15, -0.1) is 11.3 Å². The largest absolute Gasteiger partial charge is 0.495 e. The highest BCUT2D eigenvalue weighted by atomic mass is 32.1. The third kappa shape index (κ3) is 5.03. The molecule has 2 atom stereocenters. The lowest BCUT2D eigenvalue weighted by atomic mass is 10.2. The summed E-state index contributed by atoms with van der Waals surface area (Å²) >= 11 is 1.53. The molecule has 1 saturated heterocycles. The fourth-order valence-electron chi connectivity index (χ4n) is 3.22. The highest BCUT2D eigenvalue weighted by molar-refractivity contribution is 7.09. The van der Waals surface area contributed by atoms with Gasteiger partial charge in [0, 0.05) is 25.0 Å². The Bertz CT molecular complexity index is 739. The average molecular weight is 375 g/mol. The Kier molecular flexibility index (Phi) is 6.24. The number of hydrogen-bond donors (Lipinski definition) is 1. The van der Waals surface area contributed by atoms with Crippen LogP contribution in [0.4, 0.5) is 5.69 Å². The zero-order chi connectivity index (χ0) is 18.5. The summed E-state index contributed by atoms with van der Waals surface area (Å²) in [5.74, 6) is 0.556. The molecule has 0 radical (unpaired) electrons. The van der Waals surface area contributed by atoms with Gasteiger partial charge in [-0.05, 0) is 26.0 Å². The first-order valence-electron chi connectivity index (χ1n) is 8.77. The van der Waals surface area contributed by atoms with Crippen LogP contribution in [0.2, 0.25) is 0 Å². The van der Waals surface area contributed by atoms with Crippen molar-refractivity contribution < 1.29 is 14.3 Å². The summed E-state index contributed by atoms with van der Waals surface area (Å²) in [5.41, 5.74) is 1.68. The van der Waals surface area contributed by atoms with E-state index in [1.165, 1.54) is 11.3 Å². The van der Waals surface area contributed by atoms with Gasteiger partial charge in [-0.25, -0.2) is 4.98 Å². The average Bonchev–Trinajstić information content (AvgIpc) is 3.01. The molecule has 0 spiro atoms. The molecule has 2 aromatic rings. The smallest absolute Gasteiger partial charge is 0.231 e. The molecule has 3 rings (SSSR count). The molecule has 2 heterocycles. The molecule has 0 bridgehead atoms. The van der Waals surface area contributed by atoms with E-state index >= 15 is 0 Å². The van der Waals surface area contributed by atoms with Crippen molar-refractivity contribution in [3.8, 4) is 5.75 Å². The first-order valence-corrected chi connectivity index (χ1v) is 9.65. The normalized spacial score (nSPS) is 20.7. The molecule has 26 heavy (non-hydrogen) atoms. The van der Waals surface area contributed by atoms with Crippen molar-refractivity contribution in [3.05, 3.63) is 40.3 Å². The topological polar surface area (TPSA) is 63.7 Å². The number of benzene rings is 1. The number of methoxy groups -OCH3 is 1. The summed E-state index contributed by atoms with van der Waals surface area (Å²) in [6.45, 7) is 6.80. The Morgan fingerprint density at radius 2 is 2.08 bits per heavy atom. The van der Waals surface area contributed by atoms with Crippen molar-refractivity contribution in [2.75, 3.05) is 25.5 Å². The molecule has 1 N–H and O–H groups in total. The number of aromatic nitrogens is 1. The van der Waals surface area contributed by atoms with Crippen molar-refractivity contribution in [1.29, 1.82) is 0 Å². The third-order valence-electron chi connectivity index (χ3n) is 4.17. The van der Waals surface area contributed by atoms with Gasteiger partial charge in [-0.1, -0.05) is 12.1 Å². The predicted octanol–water partition coefficient (Wildman–Crippen LogP) is 2.94. The number of morpholine rings is 1. The van der Waals surface area contributed by atoms with Gasteiger partial charge >= 0.3 is 0 Å². The quantitative estimate of drug-likeness (QED) is 0.841. The second-order valence-electron chi connectivity index (χ2n) is 6.61. The molecule has 1 amide bonds. The molecule has 1 fully saturated rings. The Morgan fingerprint density at radius 1 is 1.35 bits per heavy atom. The lowest BCUT2D eigenvalue weighted by Crippen LogP contribution is -2.44. The molecule has 0 aliphatic carbocycles. The summed E-state index contributed by atoms with van der Waals surface area (Å²) in [5, 5.41) is 5.75. The zero-order valence-electron chi connectivity index (χ0n) is 15.4. The van der Waals surface area contributed by atoms with Crippen LogP contribution in [-0.4, -0.2) is 48.2 Å². The molecule has 140 valence electrons. The maximum Gasteiger partial charge on any atom is 0.231 e. The summed E-state index contributed by atoms with van der Waals surface area (Å²) < 4.78 is 11.0. The minimum atomic E-state index is -0.0935. The Morgan fingerprint density at radius 3 is 2.81 bits per heavy atom. The summed E-state index contributed by atoms with van der Waals surface area (Å²) in [4.78, 5) is 19.3. The minimum absolute atomic E-state index is 0.0935. The standard InChI is InChI=1S/C19H25N3O3S/c1-13-9-22(10-14(2)25-13)11-15-12-26-19(20-15)8-18(23)21-16-6-4-5-7-17(16)24-3/h4-7,12-14H,8-11H2,1-3H3,(H,21,23)/t13-,14-/m1/s1. The van der Waals surface area contributed by atoms with Gasteiger partial charge in [-0.2, -0.15) is 0 Å². The summed E-state index contributed by atoms with van der Waals surface area (Å²) in [6, 6.07) is 7.38. The number of thiazole rings is 1. The van der Waals surface area contributed by atoms with Crippen LogP contribution in [-0.2, 0) is 22.5 Å². The molecule has 1 aliphatic heterocycles. The van der Waals surface area contributed by atoms with Crippen molar-refractivity contribution >= 4 is 22.9 Å². The number of nitrogens with zero attached hydrogens (tertiary/aromatic N) is 2. The maximum absolute atomic E-state index is 12.3. The number of rotatable bonds is 6. The van der Waals surface area contributed by atoms with Crippen molar-refractivity contribution in [2.24, 2.45) is 0 Å². The van der Waals surface area contributed by atoms with E-state index < -0.39 is 0 Å². The molecular formula is C19H25N3O3S. The van der Waals surface area contributed by atoms with Gasteiger partial charge < -0.3 is 14.8 Å². The van der Waals surface area contributed by atoms with E-state index in [0.29, 0.717) is 11.4 Å². The summed E-state index contributed by atoms with van der Waals surface area (Å²) in [7, 11) is 1.59. The van der Waals surface area contributed by atoms with Crippen molar-refractivity contribution in [2.45, 2.75) is 39.0 Å². The van der Waals surface area contributed by atoms with Gasteiger partial charge in [0.15, 0.2) is 0 Å². The second kappa shape index (κ2) is 8.62. The first-order chi connectivity index (χ1) is 12.5. The van der Waals surface area contributed by atoms with E-state index in [2.05, 4.69) is 29.0 Å². The number of nitrogens with one attached hydrogen (secondary N) is 1. The van der Waals surface area contributed by atoms with Crippen LogP contribution >= 0.6 is 11.3 Å². The molecular weight excluding hydrogens is 350 g/mol. The van der Waals surface area contributed by atoms with Crippen LogP contribution in [0.1, 0.15) is 24.5 Å². The Labute approximate surface area is 158 Å². The van der Waals surface area contributed by atoms with Crippen LogP contribution < -0.4 is 10.1 Å². The Hall–Kier alpha value is -1.96. The fraction of sp³-hybridized carbons (Fsp3) is 0.474. The molecule has 1 aromatic carbocycles. The molecule has 0 saturated carbocycles. The van der Waals surface area contributed by atoms with Gasteiger partial charge in [0.25, 0.3) is 0 Å². The number of para-hydroxylation sites is 2. The monoisotopic (exact) mass is 375 g/mol. The molecule has 1 aliphatic rings. The van der Waals surface area contributed by atoms with Gasteiger partial charge in [0.05, 0.1) is 37.1 Å². The Balaban J connectivity index is 1.55. The highest BCUT2D eigenvalue weighted by Gasteiger charge is 2.22. The van der Waals surface area contributed by atoms with E-state index in [0.717, 1.165) is 30.3 Å². The lowest BCUT2D eigenvalue weighted by molar-refractivity contribution is -0.115. The molecule has 7 heteroatoms. The lowest BCUT2D eigenvalue weighted by Gasteiger charge is -2.34. The number of amides is 1. The van der Waals surface area contributed by atoms with E-state index in [1.54, 1.807) is 7.11 Å². The third-order valence-corrected chi connectivity index (χ3v) is 5.07. The summed E-state index contributed by atoms with van der Waals surface area (Å²) in [6.07, 6.45) is 0.741. The second-order valence-corrected chi connectivity index (χ2v) is 7.55.